The third-order valence-electron chi connectivity index (χ3n) is 3.72. The van der Waals surface area contributed by atoms with Gasteiger partial charge in [-0.25, -0.2) is 0 Å². The number of nitriles is 1. The van der Waals surface area contributed by atoms with E-state index >= 15 is 0 Å². The summed E-state index contributed by atoms with van der Waals surface area (Å²) in [5, 5.41) is 12.4. The quantitative estimate of drug-likeness (QED) is 0.866. The van der Waals surface area contributed by atoms with Crippen LogP contribution < -0.4 is 10.1 Å². The van der Waals surface area contributed by atoms with Crippen LogP contribution in [0.2, 0.25) is 0 Å². The van der Waals surface area contributed by atoms with Crippen molar-refractivity contribution < 1.29 is 4.74 Å². The lowest BCUT2D eigenvalue weighted by Gasteiger charge is -2.13. The van der Waals surface area contributed by atoms with E-state index in [1.165, 1.54) is 11.1 Å². The summed E-state index contributed by atoms with van der Waals surface area (Å²) < 4.78 is 5.30. The molecule has 0 amide bonds. The Bertz CT molecular complexity index is 484. The first-order valence-electron chi connectivity index (χ1n) is 6.36. The van der Waals surface area contributed by atoms with Crippen LogP contribution in [0, 0.1) is 30.6 Å². The molecule has 0 aromatic heterocycles. The summed E-state index contributed by atoms with van der Waals surface area (Å²) in [7, 11) is 1.70. The van der Waals surface area contributed by atoms with Crippen molar-refractivity contribution in [1.82, 2.24) is 5.32 Å². The van der Waals surface area contributed by atoms with E-state index in [0.717, 1.165) is 37.2 Å². The molecule has 1 aliphatic carbocycles. The molecule has 0 spiro atoms. The number of rotatable bonds is 5. The van der Waals surface area contributed by atoms with Crippen LogP contribution in [0.25, 0.3) is 0 Å². The van der Waals surface area contributed by atoms with Gasteiger partial charge in [-0.3, -0.25) is 0 Å². The number of ether oxygens (including phenoxy) is 1. The Morgan fingerprint density at radius 3 is 2.61 bits per heavy atom. The molecule has 1 saturated carbocycles. The molecule has 18 heavy (non-hydrogen) atoms. The second-order valence-electron chi connectivity index (χ2n) is 5.24. The van der Waals surface area contributed by atoms with Gasteiger partial charge in [-0.2, -0.15) is 5.26 Å². The maximum atomic E-state index is 9.01. The lowest BCUT2D eigenvalue weighted by atomic mass is 10.0. The fourth-order valence-electron chi connectivity index (χ4n) is 2.18. The number of nitrogens with one attached hydrogen (secondary N) is 1. The predicted octanol–water partition coefficient (Wildman–Crippen LogP) is 2.71. The van der Waals surface area contributed by atoms with E-state index in [2.05, 4.69) is 37.4 Å². The van der Waals surface area contributed by atoms with E-state index < -0.39 is 0 Å². The molecule has 96 valence electrons. The molecule has 0 saturated heterocycles. The predicted molar refractivity (Wildman–Crippen MR) is 71.5 cm³/mol. The molecular weight excluding hydrogens is 224 g/mol. The van der Waals surface area contributed by atoms with Crippen LogP contribution >= 0.6 is 0 Å². The monoisotopic (exact) mass is 244 g/mol. The average molecular weight is 244 g/mol. The minimum atomic E-state index is -0.0740. The lowest BCUT2D eigenvalue weighted by molar-refractivity contribution is 0.411. The molecule has 1 aromatic carbocycles. The molecule has 1 fully saturated rings. The molecular formula is C15H20N2O. The first-order chi connectivity index (χ1) is 8.60. The standard InChI is InChI=1S/C15H20N2O/c1-11-7-14(18-3)12(2)6-13(11)8-17-10-15(9-16)4-5-15/h6-7,17H,4-5,8,10H2,1-3H3. The Labute approximate surface area is 109 Å². The van der Waals surface area contributed by atoms with Crippen LogP contribution in [0.15, 0.2) is 12.1 Å². The minimum Gasteiger partial charge on any atom is -0.496 e. The zero-order valence-corrected chi connectivity index (χ0v) is 11.3. The van der Waals surface area contributed by atoms with Gasteiger partial charge < -0.3 is 10.1 Å². The Balaban J connectivity index is 1.97. The first-order valence-corrected chi connectivity index (χ1v) is 6.36. The van der Waals surface area contributed by atoms with Gasteiger partial charge in [0.2, 0.25) is 0 Å². The molecule has 0 heterocycles. The average Bonchev–Trinajstić information content (AvgIpc) is 3.13. The van der Waals surface area contributed by atoms with Gasteiger partial charge in [0.1, 0.15) is 5.75 Å². The first kappa shape index (κ1) is 12.9. The van der Waals surface area contributed by atoms with Crippen LogP contribution in [0.1, 0.15) is 29.5 Å². The summed E-state index contributed by atoms with van der Waals surface area (Å²) in [6.45, 7) is 5.77. The van der Waals surface area contributed by atoms with E-state index in [1.54, 1.807) is 7.11 Å². The Morgan fingerprint density at radius 2 is 2.06 bits per heavy atom. The maximum absolute atomic E-state index is 9.01. The highest BCUT2D eigenvalue weighted by Gasteiger charge is 2.42. The summed E-state index contributed by atoms with van der Waals surface area (Å²) >= 11 is 0. The third kappa shape index (κ3) is 2.65. The van der Waals surface area contributed by atoms with E-state index in [1.807, 2.05) is 0 Å². The highest BCUT2D eigenvalue weighted by molar-refractivity contribution is 5.41. The summed E-state index contributed by atoms with van der Waals surface area (Å²) in [6, 6.07) is 6.63. The van der Waals surface area contributed by atoms with E-state index in [0.29, 0.717) is 0 Å². The van der Waals surface area contributed by atoms with E-state index in [-0.39, 0.29) is 5.41 Å². The maximum Gasteiger partial charge on any atom is 0.122 e. The fourth-order valence-corrected chi connectivity index (χ4v) is 2.18. The van der Waals surface area contributed by atoms with Crippen molar-refractivity contribution in [2.45, 2.75) is 33.2 Å². The van der Waals surface area contributed by atoms with Crippen molar-refractivity contribution >= 4 is 0 Å². The van der Waals surface area contributed by atoms with Gasteiger partial charge in [0.15, 0.2) is 0 Å². The highest BCUT2D eigenvalue weighted by Crippen LogP contribution is 2.44. The topological polar surface area (TPSA) is 45.0 Å². The summed E-state index contributed by atoms with van der Waals surface area (Å²) in [6.07, 6.45) is 2.08. The molecule has 0 unspecified atom stereocenters. The molecule has 2 rings (SSSR count). The second-order valence-corrected chi connectivity index (χ2v) is 5.24. The summed E-state index contributed by atoms with van der Waals surface area (Å²) in [5.41, 5.74) is 3.59. The number of nitrogens with zero attached hydrogens (tertiary/aromatic N) is 1. The van der Waals surface area contributed by atoms with Crippen LogP contribution in [0.3, 0.4) is 0 Å². The minimum absolute atomic E-state index is 0.0740. The fraction of sp³-hybridized carbons (Fsp3) is 0.533. The van der Waals surface area contributed by atoms with Crippen molar-refractivity contribution in [3.8, 4) is 11.8 Å². The van der Waals surface area contributed by atoms with Crippen LogP contribution in [0.5, 0.6) is 5.75 Å². The highest BCUT2D eigenvalue weighted by atomic mass is 16.5. The van der Waals surface area contributed by atoms with Gasteiger partial charge in [0, 0.05) is 13.1 Å². The molecule has 1 aromatic rings. The molecule has 0 bridgehead atoms. The van der Waals surface area contributed by atoms with Crippen LogP contribution in [0.4, 0.5) is 0 Å². The van der Waals surface area contributed by atoms with Crippen LogP contribution in [-0.2, 0) is 6.54 Å². The van der Waals surface area contributed by atoms with Gasteiger partial charge in [-0.1, -0.05) is 6.07 Å². The van der Waals surface area contributed by atoms with Crippen LogP contribution in [-0.4, -0.2) is 13.7 Å². The number of methoxy groups -OCH3 is 1. The van der Waals surface area contributed by atoms with Crippen molar-refractivity contribution in [2.24, 2.45) is 5.41 Å². The molecule has 3 heteroatoms. The lowest BCUT2D eigenvalue weighted by Crippen LogP contribution is -2.23. The van der Waals surface area contributed by atoms with Gasteiger partial charge in [0.05, 0.1) is 18.6 Å². The third-order valence-corrected chi connectivity index (χ3v) is 3.72. The molecule has 1 aliphatic rings. The van der Waals surface area contributed by atoms with Crippen molar-refractivity contribution in [3.05, 3.63) is 28.8 Å². The second kappa shape index (κ2) is 4.99. The summed E-state index contributed by atoms with van der Waals surface area (Å²) in [4.78, 5) is 0. The van der Waals surface area contributed by atoms with E-state index in [4.69, 9.17) is 10.00 Å². The van der Waals surface area contributed by atoms with Crippen molar-refractivity contribution in [1.29, 1.82) is 5.26 Å². The van der Waals surface area contributed by atoms with E-state index in [9.17, 15) is 0 Å². The number of aryl methyl sites for hydroxylation is 2. The van der Waals surface area contributed by atoms with Gasteiger partial charge in [0.25, 0.3) is 0 Å². The normalized spacial score (nSPS) is 16.1. The van der Waals surface area contributed by atoms with Crippen molar-refractivity contribution in [3.63, 3.8) is 0 Å². The zero-order chi connectivity index (χ0) is 13.2. The SMILES string of the molecule is COc1cc(C)c(CNCC2(C#N)CC2)cc1C. The van der Waals surface area contributed by atoms with Crippen molar-refractivity contribution in [2.75, 3.05) is 13.7 Å². The zero-order valence-electron chi connectivity index (χ0n) is 11.3. The molecule has 1 N–H and O–H groups in total. The molecule has 0 aliphatic heterocycles. The summed E-state index contributed by atoms with van der Waals surface area (Å²) in [5.74, 6) is 0.937. The number of hydrogen-bond acceptors (Lipinski definition) is 3. The molecule has 0 radical (unpaired) electrons. The number of hydrogen-bond donors (Lipinski definition) is 1. The molecule has 3 nitrogen and oxygen atoms in total. The molecule has 0 atom stereocenters. The van der Waals surface area contributed by atoms with Gasteiger partial charge in [-0.05, 0) is 49.4 Å². The van der Waals surface area contributed by atoms with Gasteiger partial charge >= 0.3 is 0 Å². The Kier molecular flexibility index (Phi) is 3.58. The van der Waals surface area contributed by atoms with Gasteiger partial charge in [-0.15, -0.1) is 0 Å². The smallest absolute Gasteiger partial charge is 0.122 e. The number of benzene rings is 1. The Morgan fingerprint density at radius 1 is 1.33 bits per heavy atom. The Hall–Kier alpha value is -1.53. The largest absolute Gasteiger partial charge is 0.496 e.